The Morgan fingerprint density at radius 1 is 1.43 bits per heavy atom. The lowest BCUT2D eigenvalue weighted by Crippen LogP contribution is -2.24. The normalized spacial score (nSPS) is 10.6. The van der Waals surface area contributed by atoms with Crippen LogP contribution >= 0.6 is 23.2 Å². The highest BCUT2D eigenvalue weighted by Crippen LogP contribution is 2.32. The molecule has 1 aromatic carbocycles. The van der Waals surface area contributed by atoms with Crippen LogP contribution in [0.2, 0.25) is 10.0 Å². The molecule has 0 amide bonds. The minimum Gasteiger partial charge on any atom is -0.275 e. The Kier molecular flexibility index (Phi) is 4.15. The average Bonchev–Trinajstić information content (AvgIpc) is 2.67. The minimum absolute atomic E-state index is 0.0935. The number of hydrogen-bond acceptors (Lipinski definition) is 4. The number of halogens is 2. The van der Waals surface area contributed by atoms with E-state index in [0.717, 1.165) is 10.7 Å². The summed E-state index contributed by atoms with van der Waals surface area (Å²) >= 11 is 11.8. The second kappa shape index (κ2) is 5.71. The van der Waals surface area contributed by atoms with Gasteiger partial charge < -0.3 is 0 Å². The molecule has 2 aromatic rings. The van der Waals surface area contributed by atoms with Crippen molar-refractivity contribution >= 4 is 28.9 Å². The van der Waals surface area contributed by atoms with Crippen LogP contribution in [0, 0.1) is 17.0 Å². The summed E-state index contributed by atoms with van der Waals surface area (Å²) in [5, 5.41) is 15.0. The molecule has 9 heteroatoms. The van der Waals surface area contributed by atoms with Crippen LogP contribution in [0.15, 0.2) is 29.6 Å². The molecule has 1 heterocycles. The molecule has 0 unspecified atom stereocenters. The van der Waals surface area contributed by atoms with E-state index in [2.05, 4.69) is 11.7 Å². The quantitative estimate of drug-likeness (QED) is 0.490. The summed E-state index contributed by atoms with van der Waals surface area (Å²) in [6, 6.07) is 2.33. The largest absolute Gasteiger partial charge is 0.351 e. The average molecular weight is 329 g/mol. The van der Waals surface area contributed by atoms with Crippen LogP contribution in [0.3, 0.4) is 0 Å². The van der Waals surface area contributed by atoms with E-state index in [-0.39, 0.29) is 28.0 Å². The minimum atomic E-state index is -0.652. The van der Waals surface area contributed by atoms with Gasteiger partial charge >= 0.3 is 5.69 Å². The zero-order valence-corrected chi connectivity index (χ0v) is 12.4. The zero-order valence-electron chi connectivity index (χ0n) is 10.9. The van der Waals surface area contributed by atoms with Crippen molar-refractivity contribution in [3.63, 3.8) is 0 Å². The number of allylic oxidation sites excluding steroid dienone is 1. The number of aryl methyl sites for hydroxylation is 1. The first-order chi connectivity index (χ1) is 9.86. The Hall–Kier alpha value is -2.12. The summed E-state index contributed by atoms with van der Waals surface area (Å²) in [5.41, 5.74) is -0.714. The number of hydrogen-bond donors (Lipinski definition) is 0. The van der Waals surface area contributed by atoms with Crippen molar-refractivity contribution in [2.24, 2.45) is 0 Å². The molecule has 0 aliphatic heterocycles. The van der Waals surface area contributed by atoms with Gasteiger partial charge in [0, 0.05) is 12.6 Å². The summed E-state index contributed by atoms with van der Waals surface area (Å²) < 4.78 is 2.37. The van der Waals surface area contributed by atoms with E-state index < -0.39 is 10.6 Å². The Labute approximate surface area is 129 Å². The van der Waals surface area contributed by atoms with Gasteiger partial charge in [0.05, 0.1) is 15.6 Å². The maximum atomic E-state index is 12.3. The molecule has 0 bridgehead atoms. The molecule has 0 N–H and O–H groups in total. The standard InChI is InChI=1S/C12H10Cl2N4O3/c1-3-4-16-7(2)15-17(12(16)19)10-6-11(18(20)21)9(14)5-8(10)13/h3,5-6H,1,4H2,2H3. The smallest absolute Gasteiger partial charge is 0.275 e. The highest BCUT2D eigenvalue weighted by Gasteiger charge is 2.20. The molecule has 110 valence electrons. The molecule has 21 heavy (non-hydrogen) atoms. The molecule has 0 saturated carbocycles. The molecule has 0 atom stereocenters. The molecule has 0 fully saturated rings. The summed E-state index contributed by atoms with van der Waals surface area (Å²) in [5.74, 6) is 0.438. The van der Waals surface area contributed by atoms with Crippen LogP contribution in [-0.2, 0) is 6.54 Å². The van der Waals surface area contributed by atoms with Crippen molar-refractivity contribution in [1.82, 2.24) is 14.3 Å². The molecule has 0 radical (unpaired) electrons. The lowest BCUT2D eigenvalue weighted by atomic mass is 10.3. The monoisotopic (exact) mass is 328 g/mol. The van der Waals surface area contributed by atoms with E-state index >= 15 is 0 Å². The molecular weight excluding hydrogens is 319 g/mol. The van der Waals surface area contributed by atoms with Crippen LogP contribution in [0.5, 0.6) is 0 Å². The topological polar surface area (TPSA) is 83.0 Å². The predicted molar refractivity (Wildman–Crippen MR) is 79.4 cm³/mol. The molecule has 0 aliphatic carbocycles. The van der Waals surface area contributed by atoms with Gasteiger partial charge in [-0.05, 0) is 13.0 Å². The summed E-state index contributed by atoms with van der Waals surface area (Å²) in [6.45, 7) is 5.47. The second-order valence-corrected chi connectivity index (χ2v) is 4.97. The van der Waals surface area contributed by atoms with Gasteiger partial charge in [0.2, 0.25) is 0 Å². The fraction of sp³-hybridized carbons (Fsp3) is 0.167. The fourth-order valence-corrected chi connectivity index (χ4v) is 2.35. The van der Waals surface area contributed by atoms with Crippen molar-refractivity contribution < 1.29 is 4.92 Å². The molecule has 7 nitrogen and oxygen atoms in total. The highest BCUT2D eigenvalue weighted by atomic mass is 35.5. The maximum absolute atomic E-state index is 12.3. The number of nitro groups is 1. The van der Waals surface area contributed by atoms with Crippen LogP contribution < -0.4 is 5.69 Å². The van der Waals surface area contributed by atoms with Gasteiger partial charge in [-0.15, -0.1) is 6.58 Å². The molecule has 0 saturated heterocycles. The number of aromatic nitrogens is 3. The van der Waals surface area contributed by atoms with Gasteiger partial charge in [-0.1, -0.05) is 29.3 Å². The van der Waals surface area contributed by atoms with Gasteiger partial charge in [0.1, 0.15) is 10.8 Å². The lowest BCUT2D eigenvalue weighted by Gasteiger charge is -2.04. The predicted octanol–water partition coefficient (Wildman–Crippen LogP) is 2.74. The van der Waals surface area contributed by atoms with Crippen LogP contribution in [0.4, 0.5) is 5.69 Å². The third-order valence-electron chi connectivity index (χ3n) is 2.80. The Morgan fingerprint density at radius 2 is 2.10 bits per heavy atom. The van der Waals surface area contributed by atoms with Gasteiger partial charge in [-0.25, -0.2) is 4.79 Å². The fourth-order valence-electron chi connectivity index (χ4n) is 1.82. The first kappa shape index (κ1) is 15.3. The number of nitrogens with zero attached hydrogens (tertiary/aromatic N) is 4. The Bertz CT molecular complexity index is 795. The lowest BCUT2D eigenvalue weighted by molar-refractivity contribution is -0.384. The summed E-state index contributed by atoms with van der Waals surface area (Å²) in [7, 11) is 0. The van der Waals surface area contributed by atoms with E-state index in [0.29, 0.717) is 5.82 Å². The Morgan fingerprint density at radius 3 is 2.67 bits per heavy atom. The second-order valence-electron chi connectivity index (χ2n) is 4.15. The molecule has 2 rings (SSSR count). The first-order valence-corrected chi connectivity index (χ1v) is 6.53. The van der Waals surface area contributed by atoms with Crippen molar-refractivity contribution in [3.8, 4) is 5.69 Å². The zero-order chi connectivity index (χ0) is 15.7. The van der Waals surface area contributed by atoms with Crippen molar-refractivity contribution in [2.45, 2.75) is 13.5 Å². The molecule has 0 aliphatic rings. The van der Waals surface area contributed by atoms with E-state index in [1.165, 1.54) is 10.6 Å². The Balaban J connectivity index is 2.70. The highest BCUT2D eigenvalue weighted by molar-refractivity contribution is 6.37. The molecular formula is C12H10Cl2N4O3. The van der Waals surface area contributed by atoms with Crippen molar-refractivity contribution in [1.29, 1.82) is 0 Å². The third-order valence-corrected chi connectivity index (χ3v) is 3.41. The van der Waals surface area contributed by atoms with Crippen LogP contribution in [-0.4, -0.2) is 19.3 Å². The van der Waals surface area contributed by atoms with Gasteiger partial charge in [0.15, 0.2) is 0 Å². The number of nitro benzene ring substituents is 1. The van der Waals surface area contributed by atoms with Crippen LogP contribution in [0.1, 0.15) is 5.82 Å². The van der Waals surface area contributed by atoms with E-state index in [4.69, 9.17) is 23.2 Å². The first-order valence-electron chi connectivity index (χ1n) is 5.78. The van der Waals surface area contributed by atoms with E-state index in [9.17, 15) is 14.9 Å². The maximum Gasteiger partial charge on any atom is 0.351 e. The number of rotatable bonds is 4. The SMILES string of the molecule is C=CCn1c(C)nn(-c2cc([N+](=O)[O-])c(Cl)cc2Cl)c1=O. The van der Waals surface area contributed by atoms with Crippen molar-refractivity contribution in [2.75, 3.05) is 0 Å². The molecule has 1 aromatic heterocycles. The van der Waals surface area contributed by atoms with Gasteiger partial charge in [-0.3, -0.25) is 14.7 Å². The summed E-state index contributed by atoms with van der Waals surface area (Å²) in [6.07, 6.45) is 1.55. The van der Waals surface area contributed by atoms with E-state index in [1.807, 2.05) is 0 Å². The molecule has 0 spiro atoms. The number of benzene rings is 1. The van der Waals surface area contributed by atoms with Crippen molar-refractivity contribution in [3.05, 3.63) is 61.3 Å². The third kappa shape index (κ3) is 2.70. The van der Waals surface area contributed by atoms with Gasteiger partial charge in [0.25, 0.3) is 5.69 Å². The van der Waals surface area contributed by atoms with Crippen LogP contribution in [0.25, 0.3) is 5.69 Å². The van der Waals surface area contributed by atoms with E-state index in [1.54, 1.807) is 13.0 Å². The summed E-state index contributed by atoms with van der Waals surface area (Å²) in [4.78, 5) is 22.5. The van der Waals surface area contributed by atoms with Gasteiger partial charge in [-0.2, -0.15) is 9.78 Å².